The molecule has 0 atom stereocenters. The highest BCUT2D eigenvalue weighted by atomic mass is 32.2. The molecule has 0 saturated carbocycles. The molecule has 15 heavy (non-hydrogen) atoms. The van der Waals surface area contributed by atoms with Crippen LogP contribution in [-0.4, -0.2) is 32.5 Å². The zero-order valence-electron chi connectivity index (χ0n) is 8.43. The molecule has 1 N–H and O–H groups in total. The van der Waals surface area contributed by atoms with Crippen LogP contribution < -0.4 is 0 Å². The molecular weight excluding hydrogens is 212 g/mol. The first-order valence-corrected chi connectivity index (χ1v) is 6.04. The Labute approximate surface area is 92.1 Å². The van der Waals surface area contributed by atoms with Crippen molar-refractivity contribution in [2.45, 2.75) is 19.3 Å². The van der Waals surface area contributed by atoms with Crippen LogP contribution in [0.3, 0.4) is 0 Å². The van der Waals surface area contributed by atoms with Crippen molar-refractivity contribution in [2.24, 2.45) is 0 Å². The molecule has 5 heteroatoms. The summed E-state index contributed by atoms with van der Waals surface area (Å²) in [6.07, 6.45) is 2.07. The van der Waals surface area contributed by atoms with Crippen molar-refractivity contribution in [3.63, 3.8) is 0 Å². The van der Waals surface area contributed by atoms with Crippen molar-refractivity contribution in [1.29, 1.82) is 0 Å². The fourth-order valence-corrected chi connectivity index (χ4v) is 2.23. The van der Waals surface area contributed by atoms with Gasteiger partial charge in [-0.2, -0.15) is 11.8 Å². The summed E-state index contributed by atoms with van der Waals surface area (Å²) in [5.41, 5.74) is 0.873. The number of rotatable bonds is 3. The predicted octanol–water partition coefficient (Wildman–Crippen LogP) is 1.57. The van der Waals surface area contributed by atoms with E-state index < -0.39 is 5.97 Å². The Morgan fingerprint density at radius 3 is 2.87 bits per heavy atom. The van der Waals surface area contributed by atoms with Crippen LogP contribution in [0.2, 0.25) is 0 Å². The first-order chi connectivity index (χ1) is 7.22. The molecule has 2 heterocycles. The molecular formula is C10H12N2O2S. The Morgan fingerprint density at radius 1 is 1.67 bits per heavy atom. The third kappa shape index (κ3) is 1.97. The molecule has 80 valence electrons. The fourth-order valence-electron chi connectivity index (χ4n) is 1.46. The predicted molar refractivity (Wildman–Crippen MR) is 58.4 cm³/mol. The van der Waals surface area contributed by atoms with Gasteiger partial charge in [-0.1, -0.05) is 6.92 Å². The summed E-state index contributed by atoms with van der Waals surface area (Å²) in [6.45, 7) is 1.91. The third-order valence-corrected chi connectivity index (χ3v) is 3.73. The molecule has 0 radical (unpaired) electrons. The fraction of sp³-hybridized carbons (Fsp3) is 0.500. The minimum absolute atomic E-state index is 0.230. The van der Waals surface area contributed by atoms with E-state index in [1.165, 1.54) is 6.20 Å². The monoisotopic (exact) mass is 224 g/mol. The molecule has 1 fully saturated rings. The molecule has 4 nitrogen and oxygen atoms in total. The number of aryl methyl sites for hydroxylation is 1. The lowest BCUT2D eigenvalue weighted by Gasteiger charge is -2.23. The van der Waals surface area contributed by atoms with Crippen LogP contribution in [-0.2, 0) is 6.42 Å². The maximum atomic E-state index is 10.9. The van der Waals surface area contributed by atoms with Crippen LogP contribution in [0.5, 0.6) is 0 Å². The van der Waals surface area contributed by atoms with Gasteiger partial charge in [-0.25, -0.2) is 14.8 Å². The summed E-state index contributed by atoms with van der Waals surface area (Å²) in [5.74, 6) is 2.38. The number of carboxylic acid groups (broad SMARTS) is 1. The second kappa shape index (κ2) is 4.18. The Bertz CT molecular complexity index is 391. The second-order valence-electron chi connectivity index (χ2n) is 3.48. The molecule has 1 aromatic rings. The van der Waals surface area contributed by atoms with Crippen molar-refractivity contribution in [2.75, 3.05) is 11.5 Å². The average Bonchev–Trinajstić information content (AvgIpc) is 2.14. The number of carbonyl (C=O) groups is 1. The lowest BCUT2D eigenvalue weighted by molar-refractivity contribution is 0.0694. The summed E-state index contributed by atoms with van der Waals surface area (Å²) in [5, 5.41) is 8.91. The number of carboxylic acids is 1. The van der Waals surface area contributed by atoms with Gasteiger partial charge in [0, 0.05) is 23.6 Å². The number of aromatic carboxylic acids is 1. The average molecular weight is 224 g/mol. The molecule has 1 saturated heterocycles. The van der Waals surface area contributed by atoms with Crippen molar-refractivity contribution in [3.8, 4) is 0 Å². The van der Waals surface area contributed by atoms with Gasteiger partial charge in [0.1, 0.15) is 5.82 Å². The number of aromatic nitrogens is 2. The summed E-state index contributed by atoms with van der Waals surface area (Å²) < 4.78 is 0. The van der Waals surface area contributed by atoms with Gasteiger partial charge < -0.3 is 5.11 Å². The van der Waals surface area contributed by atoms with E-state index in [1.807, 2.05) is 18.7 Å². The maximum absolute atomic E-state index is 10.9. The van der Waals surface area contributed by atoms with Gasteiger partial charge in [-0.05, 0) is 6.42 Å². The minimum atomic E-state index is -0.943. The first-order valence-electron chi connectivity index (χ1n) is 4.89. The van der Waals surface area contributed by atoms with E-state index >= 15 is 0 Å². The standard InChI is InChI=1S/C10H12N2O2S/c1-2-8-7(10(13)14)3-11-9(12-8)6-4-15-5-6/h3,6H,2,4-5H2,1H3,(H,13,14). The van der Waals surface area contributed by atoms with Crippen molar-refractivity contribution >= 4 is 17.7 Å². The number of hydrogen-bond donors (Lipinski definition) is 1. The van der Waals surface area contributed by atoms with Crippen LogP contribution in [0, 0.1) is 0 Å². The number of hydrogen-bond acceptors (Lipinski definition) is 4. The van der Waals surface area contributed by atoms with E-state index in [2.05, 4.69) is 9.97 Å². The highest BCUT2D eigenvalue weighted by Crippen LogP contribution is 2.31. The minimum Gasteiger partial charge on any atom is -0.478 e. The molecule has 0 spiro atoms. The Hall–Kier alpha value is -1.10. The molecule has 0 bridgehead atoms. The van der Waals surface area contributed by atoms with E-state index in [1.54, 1.807) is 0 Å². The second-order valence-corrected chi connectivity index (χ2v) is 4.56. The van der Waals surface area contributed by atoms with Crippen LogP contribution in [0.4, 0.5) is 0 Å². The topological polar surface area (TPSA) is 63.1 Å². The van der Waals surface area contributed by atoms with Gasteiger partial charge in [0.25, 0.3) is 0 Å². The number of thioether (sulfide) groups is 1. The molecule has 0 aromatic carbocycles. The lowest BCUT2D eigenvalue weighted by atomic mass is 10.1. The Balaban J connectivity index is 2.33. The number of nitrogens with zero attached hydrogens (tertiary/aromatic N) is 2. The molecule has 1 aliphatic rings. The van der Waals surface area contributed by atoms with Gasteiger partial charge in [0.2, 0.25) is 0 Å². The van der Waals surface area contributed by atoms with E-state index in [9.17, 15) is 4.79 Å². The zero-order chi connectivity index (χ0) is 10.8. The molecule has 0 amide bonds. The summed E-state index contributed by atoms with van der Waals surface area (Å²) in [4.78, 5) is 19.3. The van der Waals surface area contributed by atoms with Crippen molar-refractivity contribution < 1.29 is 9.90 Å². The third-order valence-electron chi connectivity index (χ3n) is 2.45. The SMILES string of the molecule is CCc1nc(C2CSC2)ncc1C(=O)O. The van der Waals surface area contributed by atoms with E-state index in [-0.39, 0.29) is 5.56 Å². The van der Waals surface area contributed by atoms with Gasteiger partial charge in [-0.3, -0.25) is 0 Å². The van der Waals surface area contributed by atoms with Crippen molar-refractivity contribution in [1.82, 2.24) is 9.97 Å². The van der Waals surface area contributed by atoms with E-state index in [0.29, 0.717) is 18.0 Å². The lowest BCUT2D eigenvalue weighted by Crippen LogP contribution is -2.20. The molecule has 0 unspecified atom stereocenters. The van der Waals surface area contributed by atoms with E-state index in [0.717, 1.165) is 17.3 Å². The summed E-state index contributed by atoms with van der Waals surface area (Å²) in [6, 6.07) is 0. The smallest absolute Gasteiger partial charge is 0.339 e. The first kappa shape index (κ1) is 10.4. The highest BCUT2D eigenvalue weighted by molar-refractivity contribution is 8.00. The Kier molecular flexibility index (Phi) is 2.90. The van der Waals surface area contributed by atoms with Crippen LogP contribution in [0.25, 0.3) is 0 Å². The van der Waals surface area contributed by atoms with Gasteiger partial charge in [-0.15, -0.1) is 0 Å². The quantitative estimate of drug-likeness (QED) is 0.844. The Morgan fingerprint density at radius 2 is 2.40 bits per heavy atom. The summed E-state index contributed by atoms with van der Waals surface area (Å²) in [7, 11) is 0. The normalized spacial score (nSPS) is 16.1. The van der Waals surface area contributed by atoms with Crippen LogP contribution in [0.15, 0.2) is 6.20 Å². The molecule has 2 rings (SSSR count). The largest absolute Gasteiger partial charge is 0.478 e. The van der Waals surface area contributed by atoms with Crippen LogP contribution >= 0.6 is 11.8 Å². The van der Waals surface area contributed by atoms with Gasteiger partial charge in [0.05, 0.1) is 11.3 Å². The molecule has 1 aromatic heterocycles. The zero-order valence-corrected chi connectivity index (χ0v) is 9.25. The highest BCUT2D eigenvalue weighted by Gasteiger charge is 2.24. The van der Waals surface area contributed by atoms with Gasteiger partial charge >= 0.3 is 5.97 Å². The van der Waals surface area contributed by atoms with Crippen LogP contribution in [0.1, 0.15) is 34.7 Å². The maximum Gasteiger partial charge on any atom is 0.339 e. The molecule has 0 aliphatic carbocycles. The van der Waals surface area contributed by atoms with E-state index in [4.69, 9.17) is 5.11 Å². The van der Waals surface area contributed by atoms with Gasteiger partial charge in [0.15, 0.2) is 0 Å². The van der Waals surface area contributed by atoms with Crippen molar-refractivity contribution in [3.05, 3.63) is 23.3 Å². The summed E-state index contributed by atoms with van der Waals surface area (Å²) >= 11 is 1.87. The molecule has 1 aliphatic heterocycles.